The van der Waals surface area contributed by atoms with Gasteiger partial charge in [-0.15, -0.1) is 0 Å². The Hall–Kier alpha value is -2.41. The maximum atomic E-state index is 13.3. The minimum Gasteiger partial charge on any atom is -0.515 e. The fourth-order valence-electron chi connectivity index (χ4n) is 5.85. The van der Waals surface area contributed by atoms with Crippen molar-refractivity contribution in [2.24, 2.45) is 35.0 Å². The summed E-state index contributed by atoms with van der Waals surface area (Å²) in [5.41, 5.74) is -0.300. The summed E-state index contributed by atoms with van der Waals surface area (Å²) in [6.45, 7) is 9.78. The molecule has 8 atom stereocenters. The molecule has 0 aliphatic heterocycles. The van der Waals surface area contributed by atoms with E-state index >= 15 is 0 Å². The summed E-state index contributed by atoms with van der Waals surface area (Å²) < 4.78 is 10.2. The molecule has 0 bridgehead atoms. The van der Waals surface area contributed by atoms with Crippen LogP contribution in [-0.4, -0.2) is 47.3 Å². The van der Waals surface area contributed by atoms with E-state index in [1.807, 2.05) is 26.0 Å². The third-order valence-corrected chi connectivity index (χ3v) is 7.63. The monoisotopic (exact) mass is 462 g/mol. The lowest BCUT2D eigenvalue weighted by molar-refractivity contribution is -0.170. The van der Waals surface area contributed by atoms with E-state index in [1.54, 1.807) is 6.92 Å². The lowest BCUT2D eigenvalue weighted by Crippen LogP contribution is -2.58. The maximum absolute atomic E-state index is 13.3. The van der Waals surface area contributed by atoms with E-state index in [0.29, 0.717) is 12.0 Å². The summed E-state index contributed by atoms with van der Waals surface area (Å²) in [5.74, 6) is -1.59. The molecule has 0 heterocycles. The van der Waals surface area contributed by atoms with Crippen molar-refractivity contribution in [1.82, 2.24) is 0 Å². The number of allylic oxidation sites excluding steroid dienone is 2. The molecule has 1 fully saturated rings. The van der Waals surface area contributed by atoms with Gasteiger partial charge in [0.1, 0.15) is 6.10 Å². The molecular weight excluding hydrogens is 424 g/mol. The average molecular weight is 463 g/mol. The molecule has 0 aromatic heterocycles. The van der Waals surface area contributed by atoms with Crippen molar-refractivity contribution in [2.75, 3.05) is 7.11 Å². The number of esters is 2. The molecule has 1 saturated carbocycles. The number of aliphatic hydroxyl groups is 2. The van der Waals surface area contributed by atoms with Crippen LogP contribution < -0.4 is 0 Å². The van der Waals surface area contributed by atoms with Gasteiger partial charge in [0.05, 0.1) is 25.9 Å². The summed E-state index contributed by atoms with van der Waals surface area (Å²) in [7, 11) is 1.28. The Morgan fingerprint density at radius 3 is 2.52 bits per heavy atom. The van der Waals surface area contributed by atoms with Crippen LogP contribution in [0.1, 0.15) is 53.9 Å². The highest BCUT2D eigenvalue weighted by Gasteiger charge is 2.57. The Morgan fingerprint density at radius 2 is 1.94 bits per heavy atom. The van der Waals surface area contributed by atoms with Gasteiger partial charge in [-0.25, -0.2) is 4.79 Å². The Balaban J connectivity index is 2.31. The zero-order valence-electron chi connectivity index (χ0n) is 20.5. The molecule has 7 heteroatoms. The first-order valence-electron chi connectivity index (χ1n) is 11.7. The number of aliphatic hydroxyl groups excluding tert-OH is 2. The number of carbonyl (C=O) groups is 3. The summed E-state index contributed by atoms with van der Waals surface area (Å²) in [5, 5.41) is 20.5. The van der Waals surface area contributed by atoms with Crippen LogP contribution in [0.4, 0.5) is 0 Å². The van der Waals surface area contributed by atoms with Gasteiger partial charge in [0.25, 0.3) is 0 Å². The molecular formula is C26H38O7. The van der Waals surface area contributed by atoms with Crippen LogP contribution in [0.15, 0.2) is 36.1 Å². The Labute approximate surface area is 196 Å². The van der Waals surface area contributed by atoms with Crippen molar-refractivity contribution < 1.29 is 34.1 Å². The van der Waals surface area contributed by atoms with Crippen LogP contribution >= 0.6 is 0 Å². The second-order valence-electron chi connectivity index (χ2n) is 9.78. The van der Waals surface area contributed by atoms with Crippen LogP contribution in [0, 0.1) is 35.0 Å². The largest absolute Gasteiger partial charge is 0.515 e. The summed E-state index contributed by atoms with van der Waals surface area (Å²) in [4.78, 5) is 37.1. The average Bonchev–Trinajstić information content (AvgIpc) is 2.76. The molecule has 0 saturated heterocycles. The minimum absolute atomic E-state index is 0.0154. The van der Waals surface area contributed by atoms with Crippen molar-refractivity contribution in [1.29, 1.82) is 0 Å². The van der Waals surface area contributed by atoms with Crippen molar-refractivity contribution in [2.45, 2.75) is 66.1 Å². The lowest BCUT2D eigenvalue weighted by atomic mass is 9.49. The standard InChI is InChI=1S/C26H38O7/c1-7-16(3)19-9-8-18-24(26(19,5)21(28)10-11-27)17(4)14-20(25(18)31)33-23(30)13-15(2)12-22(29)32-6/h8-11,13,16-20,24-25,27,31H,7,12,14H2,1-6H3/b11-10-,15-13+/t16-,17-,18-,19-,20-,24+,25+,26-/m1/s1. The predicted octanol–water partition coefficient (Wildman–Crippen LogP) is 3.92. The van der Waals surface area contributed by atoms with E-state index < -0.39 is 29.6 Å². The highest BCUT2D eigenvalue weighted by atomic mass is 16.6. The third kappa shape index (κ3) is 5.57. The van der Waals surface area contributed by atoms with Crippen LogP contribution in [-0.2, 0) is 23.9 Å². The summed E-state index contributed by atoms with van der Waals surface area (Å²) >= 11 is 0. The quantitative estimate of drug-likeness (QED) is 0.243. The molecule has 0 radical (unpaired) electrons. The topological polar surface area (TPSA) is 110 Å². The summed E-state index contributed by atoms with van der Waals surface area (Å²) in [6.07, 6.45) is 6.82. The number of ketones is 1. The van der Waals surface area contributed by atoms with E-state index in [4.69, 9.17) is 4.74 Å². The van der Waals surface area contributed by atoms with Gasteiger partial charge in [-0.2, -0.15) is 0 Å². The van der Waals surface area contributed by atoms with E-state index in [-0.39, 0.29) is 41.8 Å². The van der Waals surface area contributed by atoms with Crippen LogP contribution in [0.5, 0.6) is 0 Å². The first-order valence-corrected chi connectivity index (χ1v) is 11.7. The number of ether oxygens (including phenoxy) is 2. The zero-order valence-corrected chi connectivity index (χ0v) is 20.5. The van der Waals surface area contributed by atoms with Crippen LogP contribution in [0.3, 0.4) is 0 Å². The van der Waals surface area contributed by atoms with Crippen LogP contribution in [0.25, 0.3) is 0 Å². The molecule has 0 spiro atoms. The van der Waals surface area contributed by atoms with Gasteiger partial charge in [0, 0.05) is 23.5 Å². The molecule has 2 N–H and O–H groups in total. The van der Waals surface area contributed by atoms with E-state index in [0.717, 1.165) is 12.7 Å². The number of methoxy groups -OCH3 is 1. The van der Waals surface area contributed by atoms with Crippen molar-refractivity contribution >= 4 is 17.7 Å². The van der Waals surface area contributed by atoms with Gasteiger partial charge in [0.2, 0.25) is 0 Å². The minimum atomic E-state index is -0.969. The molecule has 0 unspecified atom stereocenters. The van der Waals surface area contributed by atoms with E-state index in [2.05, 4.69) is 18.6 Å². The molecule has 2 aliphatic carbocycles. The highest BCUT2D eigenvalue weighted by Crippen LogP contribution is 2.56. The predicted molar refractivity (Wildman–Crippen MR) is 124 cm³/mol. The third-order valence-electron chi connectivity index (χ3n) is 7.63. The molecule has 33 heavy (non-hydrogen) atoms. The van der Waals surface area contributed by atoms with Crippen molar-refractivity contribution in [3.8, 4) is 0 Å². The fourth-order valence-corrected chi connectivity index (χ4v) is 5.85. The van der Waals surface area contributed by atoms with Crippen molar-refractivity contribution in [3.63, 3.8) is 0 Å². The number of fused-ring (bicyclic) bond motifs is 1. The highest BCUT2D eigenvalue weighted by molar-refractivity contribution is 5.95. The fraction of sp³-hybridized carbons (Fsp3) is 0.654. The van der Waals surface area contributed by atoms with Crippen LogP contribution in [0.2, 0.25) is 0 Å². The zero-order chi connectivity index (χ0) is 24.9. The summed E-state index contributed by atoms with van der Waals surface area (Å²) in [6, 6.07) is 0. The second kappa shape index (κ2) is 11.1. The molecule has 7 nitrogen and oxygen atoms in total. The van der Waals surface area contributed by atoms with Gasteiger partial charge in [0.15, 0.2) is 5.78 Å². The van der Waals surface area contributed by atoms with E-state index in [1.165, 1.54) is 19.3 Å². The Kier molecular flexibility index (Phi) is 9.06. The SMILES string of the molecule is CC[C@@H](C)[C@H]1C=C[C@H]2[C@H](O)[C@H](OC(=O)/C=C(\C)CC(=O)OC)C[C@@H](C)[C@@H]2[C@@]1(C)C(=O)/C=C\O. The Morgan fingerprint density at radius 1 is 1.27 bits per heavy atom. The second-order valence-corrected chi connectivity index (χ2v) is 9.78. The first kappa shape index (κ1) is 26.8. The van der Waals surface area contributed by atoms with Gasteiger partial charge in [-0.1, -0.05) is 51.8 Å². The molecule has 0 aromatic carbocycles. The molecule has 2 aliphatic rings. The number of rotatable bonds is 8. The number of hydrogen-bond acceptors (Lipinski definition) is 7. The molecule has 184 valence electrons. The smallest absolute Gasteiger partial charge is 0.331 e. The molecule has 0 aromatic rings. The van der Waals surface area contributed by atoms with Gasteiger partial charge in [-0.3, -0.25) is 9.59 Å². The normalized spacial score (nSPS) is 35.1. The van der Waals surface area contributed by atoms with Gasteiger partial charge in [-0.05, 0) is 37.0 Å². The van der Waals surface area contributed by atoms with Gasteiger partial charge < -0.3 is 19.7 Å². The van der Waals surface area contributed by atoms with Crippen molar-refractivity contribution in [3.05, 3.63) is 36.1 Å². The molecule has 2 rings (SSSR count). The molecule has 0 amide bonds. The number of carbonyl (C=O) groups excluding carboxylic acids is 3. The first-order chi connectivity index (χ1) is 15.5. The van der Waals surface area contributed by atoms with E-state index in [9.17, 15) is 24.6 Å². The lowest BCUT2D eigenvalue weighted by Gasteiger charge is -2.55. The number of hydrogen-bond donors (Lipinski definition) is 2. The maximum Gasteiger partial charge on any atom is 0.331 e. The van der Waals surface area contributed by atoms with Gasteiger partial charge >= 0.3 is 11.9 Å². The Bertz CT molecular complexity index is 826.